The van der Waals surface area contributed by atoms with Gasteiger partial charge in [0.2, 0.25) is 11.8 Å². The fourth-order valence-electron chi connectivity index (χ4n) is 3.21. The van der Waals surface area contributed by atoms with Gasteiger partial charge in [-0.2, -0.15) is 35.3 Å². The van der Waals surface area contributed by atoms with Gasteiger partial charge in [-0.1, -0.05) is 0 Å². The quantitative estimate of drug-likeness (QED) is 0.300. The van der Waals surface area contributed by atoms with E-state index < -0.39 is 92.2 Å². The summed E-state index contributed by atoms with van der Waals surface area (Å²) >= 11 is 0. The zero-order valence-electron chi connectivity index (χ0n) is 15.8. The minimum atomic E-state index is -5.47. The highest BCUT2D eigenvalue weighted by Crippen LogP contribution is 2.39. The molecule has 33 heavy (non-hydrogen) atoms. The lowest BCUT2D eigenvalue weighted by Gasteiger charge is -2.29. The van der Waals surface area contributed by atoms with E-state index in [0.29, 0.717) is 18.2 Å². The standard InChI is InChI=1S/C15H12N2O13S3/c18-12-3-4-13(19)17(12)16(15(20)21)9-1-2-10(32(25,26)27)8-5-7(31(22,23)24)6-11(14(8)9)33(28,29)30/h1-2,5-6H,3-4H2,(H,20,21)(H,22,23,24)(H,25,26,27)(H,28,29,30). The van der Waals surface area contributed by atoms with Crippen molar-refractivity contribution in [3.63, 3.8) is 0 Å². The van der Waals surface area contributed by atoms with Crippen LogP contribution in [-0.4, -0.2) is 66.9 Å². The van der Waals surface area contributed by atoms with Gasteiger partial charge in [-0.3, -0.25) is 23.2 Å². The molecular formula is C15H12N2O13S3. The summed E-state index contributed by atoms with van der Waals surface area (Å²) in [4.78, 5) is 32.4. The van der Waals surface area contributed by atoms with Crippen LogP contribution in [0.15, 0.2) is 39.0 Å². The number of amides is 3. The summed E-state index contributed by atoms with van der Waals surface area (Å²) in [7, 11) is -15.9. The molecule has 2 aromatic rings. The van der Waals surface area contributed by atoms with Crippen molar-refractivity contribution in [2.24, 2.45) is 0 Å². The molecule has 1 saturated heterocycles. The van der Waals surface area contributed by atoms with Crippen LogP contribution in [0, 0.1) is 0 Å². The molecule has 1 aliphatic heterocycles. The Bertz CT molecular complexity index is 1540. The van der Waals surface area contributed by atoms with Crippen LogP contribution in [0.2, 0.25) is 0 Å². The maximum absolute atomic E-state index is 12.1. The highest BCUT2D eigenvalue weighted by atomic mass is 32.2. The number of fused-ring (bicyclic) bond motifs is 1. The monoisotopic (exact) mass is 524 g/mol. The summed E-state index contributed by atoms with van der Waals surface area (Å²) in [5.41, 5.74) is -0.858. The summed E-state index contributed by atoms with van der Waals surface area (Å²) in [6, 6.07) is 1.73. The first kappa shape index (κ1) is 24.5. The number of hydrogen-bond acceptors (Lipinski definition) is 9. The normalized spacial score (nSPS) is 15.3. The molecule has 15 nitrogen and oxygen atoms in total. The topological polar surface area (TPSA) is 241 Å². The van der Waals surface area contributed by atoms with E-state index >= 15 is 0 Å². The van der Waals surface area contributed by atoms with Crippen molar-refractivity contribution >= 4 is 64.7 Å². The van der Waals surface area contributed by atoms with Gasteiger partial charge in [0.15, 0.2) is 0 Å². The maximum Gasteiger partial charge on any atom is 0.431 e. The van der Waals surface area contributed by atoms with Gasteiger partial charge in [-0.05, 0) is 24.3 Å². The largest absolute Gasteiger partial charge is 0.463 e. The van der Waals surface area contributed by atoms with E-state index in [1.54, 1.807) is 0 Å². The van der Waals surface area contributed by atoms with Crippen LogP contribution < -0.4 is 5.01 Å². The third kappa shape index (κ3) is 4.38. The van der Waals surface area contributed by atoms with E-state index in [9.17, 15) is 58.4 Å². The van der Waals surface area contributed by atoms with Crippen molar-refractivity contribution < 1.29 is 58.4 Å². The van der Waals surface area contributed by atoms with E-state index in [1.807, 2.05) is 0 Å². The fraction of sp³-hybridized carbons (Fsp3) is 0.133. The molecule has 0 bridgehead atoms. The number of nitrogens with zero attached hydrogens (tertiary/aromatic N) is 2. The summed E-state index contributed by atoms with van der Waals surface area (Å²) in [6.45, 7) is 0. The van der Waals surface area contributed by atoms with Crippen LogP contribution in [0.1, 0.15) is 12.8 Å². The van der Waals surface area contributed by atoms with Crippen molar-refractivity contribution in [1.82, 2.24) is 5.01 Å². The van der Waals surface area contributed by atoms with Crippen molar-refractivity contribution in [2.45, 2.75) is 27.5 Å². The third-order valence-electron chi connectivity index (χ3n) is 4.48. The lowest BCUT2D eigenvalue weighted by Crippen LogP contribution is -2.49. The maximum atomic E-state index is 12.1. The Morgan fingerprint density at radius 2 is 1.33 bits per heavy atom. The molecule has 1 aliphatic rings. The Kier molecular flexibility index (Phi) is 5.72. The van der Waals surface area contributed by atoms with E-state index in [-0.39, 0.29) is 16.1 Å². The first-order valence-corrected chi connectivity index (χ1v) is 12.7. The molecular weight excluding hydrogens is 512 g/mol. The van der Waals surface area contributed by atoms with Crippen LogP contribution >= 0.6 is 0 Å². The van der Waals surface area contributed by atoms with E-state index in [4.69, 9.17) is 0 Å². The third-order valence-corrected chi connectivity index (χ3v) is 7.10. The zero-order valence-corrected chi connectivity index (χ0v) is 18.3. The first-order valence-electron chi connectivity index (χ1n) is 8.36. The number of carbonyl (C=O) groups is 3. The average Bonchev–Trinajstić information content (AvgIpc) is 2.97. The fourth-order valence-corrected chi connectivity index (χ4v) is 5.25. The summed E-state index contributed by atoms with van der Waals surface area (Å²) in [6.07, 6.45) is -2.82. The molecule has 1 fully saturated rings. The first-order chi connectivity index (χ1) is 14.9. The number of hydrogen-bond donors (Lipinski definition) is 4. The van der Waals surface area contributed by atoms with Gasteiger partial charge in [-0.25, -0.2) is 4.79 Å². The molecule has 0 radical (unpaired) electrons. The minimum Gasteiger partial charge on any atom is -0.463 e. The van der Waals surface area contributed by atoms with Crippen molar-refractivity contribution in [1.29, 1.82) is 0 Å². The Morgan fingerprint density at radius 3 is 1.76 bits per heavy atom. The lowest BCUT2D eigenvalue weighted by atomic mass is 10.1. The van der Waals surface area contributed by atoms with Crippen molar-refractivity contribution in [3.05, 3.63) is 24.3 Å². The Hall–Kier alpha value is -3.16. The van der Waals surface area contributed by atoms with Crippen LogP contribution in [0.4, 0.5) is 10.5 Å². The number of carbonyl (C=O) groups excluding carboxylic acids is 2. The predicted molar refractivity (Wildman–Crippen MR) is 105 cm³/mol. The highest BCUT2D eigenvalue weighted by molar-refractivity contribution is 7.87. The van der Waals surface area contributed by atoms with E-state index in [2.05, 4.69) is 0 Å². The molecule has 0 atom stereocenters. The molecule has 0 aromatic heterocycles. The smallest absolute Gasteiger partial charge is 0.431 e. The second-order valence-corrected chi connectivity index (χ2v) is 10.7. The van der Waals surface area contributed by atoms with Crippen LogP contribution in [0.25, 0.3) is 10.8 Å². The molecule has 0 saturated carbocycles. The van der Waals surface area contributed by atoms with E-state index in [0.717, 1.165) is 0 Å². The molecule has 178 valence electrons. The number of imide groups is 1. The number of carboxylic acid groups (broad SMARTS) is 1. The predicted octanol–water partition coefficient (Wildman–Crippen LogP) is 0.128. The van der Waals surface area contributed by atoms with Gasteiger partial charge in [-0.15, -0.1) is 0 Å². The highest BCUT2D eigenvalue weighted by Gasteiger charge is 2.40. The summed E-state index contributed by atoms with van der Waals surface area (Å²) < 4.78 is 99.4. The lowest BCUT2D eigenvalue weighted by molar-refractivity contribution is -0.138. The molecule has 4 N–H and O–H groups in total. The number of anilines is 1. The Balaban J connectivity index is 2.62. The van der Waals surface area contributed by atoms with Gasteiger partial charge >= 0.3 is 6.09 Å². The van der Waals surface area contributed by atoms with Gasteiger partial charge in [0.25, 0.3) is 30.4 Å². The van der Waals surface area contributed by atoms with Crippen molar-refractivity contribution in [2.75, 3.05) is 5.01 Å². The van der Waals surface area contributed by atoms with Gasteiger partial charge in [0.05, 0.1) is 10.6 Å². The molecule has 2 aromatic carbocycles. The second kappa shape index (κ2) is 7.71. The number of benzene rings is 2. The van der Waals surface area contributed by atoms with E-state index in [1.165, 1.54) is 0 Å². The van der Waals surface area contributed by atoms with Gasteiger partial charge < -0.3 is 5.11 Å². The molecule has 0 spiro atoms. The van der Waals surface area contributed by atoms with Gasteiger partial charge in [0.1, 0.15) is 9.79 Å². The summed E-state index contributed by atoms with van der Waals surface area (Å²) in [5.74, 6) is -2.03. The molecule has 1 heterocycles. The van der Waals surface area contributed by atoms with Gasteiger partial charge in [0, 0.05) is 23.6 Å². The SMILES string of the molecule is O=C1CCC(=O)N1N(C(=O)O)c1ccc(S(=O)(=O)O)c2cc(S(=O)(=O)O)cc(S(=O)(=O)O)c12. The molecule has 3 amide bonds. The minimum absolute atomic E-state index is 0.0183. The van der Waals surface area contributed by atoms with Crippen LogP contribution in [0.5, 0.6) is 0 Å². The Morgan fingerprint density at radius 1 is 0.818 bits per heavy atom. The average molecular weight is 524 g/mol. The number of rotatable bonds is 5. The molecule has 3 rings (SSSR count). The number of hydrazine groups is 1. The van der Waals surface area contributed by atoms with Crippen LogP contribution in [0.3, 0.4) is 0 Å². The zero-order chi connectivity index (χ0) is 25.1. The van der Waals surface area contributed by atoms with Crippen molar-refractivity contribution in [3.8, 4) is 0 Å². The molecule has 0 unspecified atom stereocenters. The van der Waals surface area contributed by atoms with Crippen LogP contribution in [-0.2, 0) is 39.9 Å². The Labute approximate surface area is 185 Å². The molecule has 0 aliphatic carbocycles. The molecule has 18 heteroatoms. The summed E-state index contributed by atoms with van der Waals surface area (Å²) in [5, 5.41) is 7.81. The second-order valence-electron chi connectivity index (χ2n) is 6.55.